The van der Waals surface area contributed by atoms with Gasteiger partial charge >= 0.3 is 11.1 Å². The minimum atomic E-state index is -0.676. The molecule has 1 heterocycles. The van der Waals surface area contributed by atoms with Crippen molar-refractivity contribution in [2.24, 2.45) is 7.05 Å². The first kappa shape index (κ1) is 7.74. The van der Waals surface area contributed by atoms with E-state index in [-0.39, 0.29) is 6.61 Å². The molecular weight excluding hydrogens is 148 g/mol. The van der Waals surface area contributed by atoms with Crippen LogP contribution in [0.15, 0.2) is 15.8 Å². The van der Waals surface area contributed by atoms with Gasteiger partial charge in [0.1, 0.15) is 0 Å². The fourth-order valence-corrected chi connectivity index (χ4v) is 0.742. The second kappa shape index (κ2) is 2.71. The Morgan fingerprint density at radius 3 is 2.82 bits per heavy atom. The maximum atomic E-state index is 10.9. The summed E-state index contributed by atoms with van der Waals surface area (Å²) >= 11 is 0. The molecule has 60 valence electrons. The Morgan fingerprint density at radius 1 is 1.64 bits per heavy atom. The number of aliphatic hydroxyl groups is 1. The predicted octanol–water partition coefficient (Wildman–Crippen LogP) is -1.43. The van der Waals surface area contributed by atoms with Crippen LogP contribution in [0.1, 0.15) is 5.69 Å². The van der Waals surface area contributed by atoms with Crippen molar-refractivity contribution in [3.63, 3.8) is 0 Å². The summed E-state index contributed by atoms with van der Waals surface area (Å²) in [5.41, 5.74) is -0.948. The number of aromatic nitrogens is 2. The van der Waals surface area contributed by atoms with Crippen LogP contribution in [-0.2, 0) is 13.7 Å². The molecule has 0 atom stereocenters. The number of nitrogens with zero attached hydrogens (tertiary/aromatic N) is 1. The van der Waals surface area contributed by atoms with Gasteiger partial charge in [-0.25, -0.2) is 0 Å². The summed E-state index contributed by atoms with van der Waals surface area (Å²) in [4.78, 5) is 23.7. The first-order chi connectivity index (χ1) is 5.16. The van der Waals surface area contributed by atoms with Gasteiger partial charge in [0, 0.05) is 13.2 Å². The monoisotopic (exact) mass is 156 g/mol. The van der Waals surface area contributed by atoms with E-state index in [0.29, 0.717) is 5.69 Å². The molecule has 11 heavy (non-hydrogen) atoms. The molecule has 0 aromatic carbocycles. The third-order valence-corrected chi connectivity index (χ3v) is 1.46. The molecular formula is C6H8N2O3. The molecule has 0 bridgehead atoms. The van der Waals surface area contributed by atoms with Crippen LogP contribution in [0.4, 0.5) is 0 Å². The van der Waals surface area contributed by atoms with Gasteiger partial charge in [0.15, 0.2) is 0 Å². The highest BCUT2D eigenvalue weighted by Gasteiger charge is 2.00. The minimum absolute atomic E-state index is 0.261. The van der Waals surface area contributed by atoms with Gasteiger partial charge in [-0.2, -0.15) is 0 Å². The van der Waals surface area contributed by atoms with Gasteiger partial charge in [0.05, 0.1) is 12.3 Å². The zero-order valence-electron chi connectivity index (χ0n) is 6.00. The second-order valence-corrected chi connectivity index (χ2v) is 2.13. The molecule has 0 unspecified atom stereocenters. The van der Waals surface area contributed by atoms with Gasteiger partial charge in [-0.1, -0.05) is 0 Å². The van der Waals surface area contributed by atoms with Crippen molar-refractivity contribution in [3.8, 4) is 0 Å². The van der Waals surface area contributed by atoms with Crippen molar-refractivity contribution in [3.05, 3.63) is 32.6 Å². The number of rotatable bonds is 1. The topological polar surface area (TPSA) is 75.1 Å². The molecule has 1 aromatic rings. The molecule has 0 aliphatic heterocycles. The van der Waals surface area contributed by atoms with Crippen molar-refractivity contribution in [2.45, 2.75) is 6.61 Å². The van der Waals surface area contributed by atoms with Gasteiger partial charge in [0.25, 0.3) is 0 Å². The van der Waals surface area contributed by atoms with Crippen molar-refractivity contribution >= 4 is 0 Å². The number of aliphatic hydroxyl groups excluding tert-OH is 1. The maximum Gasteiger partial charge on any atom is 0.316 e. The van der Waals surface area contributed by atoms with Gasteiger partial charge in [-0.05, 0) is 0 Å². The van der Waals surface area contributed by atoms with Crippen LogP contribution in [0.3, 0.4) is 0 Å². The summed E-state index contributed by atoms with van der Waals surface area (Å²) in [6.07, 6.45) is 1.31. The van der Waals surface area contributed by atoms with Crippen LogP contribution >= 0.6 is 0 Å². The summed E-state index contributed by atoms with van der Waals surface area (Å²) in [6.45, 7) is -0.261. The van der Waals surface area contributed by atoms with E-state index in [2.05, 4.69) is 4.98 Å². The Labute approximate surface area is 61.9 Å². The predicted molar refractivity (Wildman–Crippen MR) is 38.2 cm³/mol. The SMILES string of the molecule is Cn1c(CO)c[nH]c(=O)c1=O. The van der Waals surface area contributed by atoms with Gasteiger partial charge in [0.2, 0.25) is 0 Å². The Balaban J connectivity index is 3.50. The molecule has 0 fully saturated rings. The lowest BCUT2D eigenvalue weighted by Crippen LogP contribution is -2.36. The van der Waals surface area contributed by atoms with Crippen molar-refractivity contribution < 1.29 is 5.11 Å². The number of H-pyrrole nitrogens is 1. The molecule has 2 N–H and O–H groups in total. The smallest absolute Gasteiger partial charge is 0.316 e. The van der Waals surface area contributed by atoms with Crippen molar-refractivity contribution in [1.82, 2.24) is 9.55 Å². The summed E-state index contributed by atoms with van der Waals surface area (Å²) in [7, 11) is 1.43. The maximum absolute atomic E-state index is 10.9. The highest BCUT2D eigenvalue weighted by atomic mass is 16.3. The molecule has 0 aliphatic rings. The number of hydrogen-bond acceptors (Lipinski definition) is 3. The Bertz CT molecular complexity index is 363. The first-order valence-electron chi connectivity index (χ1n) is 3.05. The average molecular weight is 156 g/mol. The molecule has 0 saturated carbocycles. The third kappa shape index (κ3) is 1.22. The van der Waals surface area contributed by atoms with E-state index in [0.717, 1.165) is 4.57 Å². The molecule has 5 heteroatoms. The van der Waals surface area contributed by atoms with E-state index in [4.69, 9.17) is 5.11 Å². The van der Waals surface area contributed by atoms with Crippen LogP contribution in [0, 0.1) is 0 Å². The molecule has 0 radical (unpaired) electrons. The molecule has 0 aliphatic carbocycles. The summed E-state index contributed by atoms with van der Waals surface area (Å²) in [6, 6.07) is 0. The zero-order chi connectivity index (χ0) is 8.43. The number of aromatic amines is 1. The summed E-state index contributed by atoms with van der Waals surface area (Å²) in [5.74, 6) is 0. The van der Waals surface area contributed by atoms with Crippen LogP contribution in [0.5, 0.6) is 0 Å². The Morgan fingerprint density at radius 2 is 2.27 bits per heavy atom. The number of nitrogens with one attached hydrogen (secondary N) is 1. The molecule has 0 amide bonds. The summed E-state index contributed by atoms with van der Waals surface area (Å²) in [5, 5.41) is 8.65. The van der Waals surface area contributed by atoms with E-state index < -0.39 is 11.1 Å². The van der Waals surface area contributed by atoms with Gasteiger partial charge in [-0.3, -0.25) is 9.59 Å². The number of hydrogen-bond donors (Lipinski definition) is 2. The van der Waals surface area contributed by atoms with Crippen LogP contribution in [-0.4, -0.2) is 14.7 Å². The quantitative estimate of drug-likeness (QED) is 0.489. The van der Waals surface area contributed by atoms with E-state index in [9.17, 15) is 9.59 Å². The van der Waals surface area contributed by atoms with Crippen LogP contribution in [0.25, 0.3) is 0 Å². The normalized spacial score (nSPS) is 10.0. The standard InChI is InChI=1S/C6H8N2O3/c1-8-4(3-9)2-7-5(10)6(8)11/h2,9H,3H2,1H3,(H,7,10). The van der Waals surface area contributed by atoms with Gasteiger partial charge in [-0.15, -0.1) is 0 Å². The fraction of sp³-hybridized carbons (Fsp3) is 0.333. The molecule has 5 nitrogen and oxygen atoms in total. The van der Waals surface area contributed by atoms with E-state index in [1.165, 1.54) is 13.2 Å². The van der Waals surface area contributed by atoms with E-state index in [1.54, 1.807) is 0 Å². The molecule has 0 saturated heterocycles. The van der Waals surface area contributed by atoms with E-state index in [1.807, 2.05) is 0 Å². The Hall–Kier alpha value is -1.36. The van der Waals surface area contributed by atoms with Crippen LogP contribution in [0.2, 0.25) is 0 Å². The van der Waals surface area contributed by atoms with Crippen molar-refractivity contribution in [2.75, 3.05) is 0 Å². The average Bonchev–Trinajstić information content (AvgIpc) is 2.01. The van der Waals surface area contributed by atoms with Crippen molar-refractivity contribution in [1.29, 1.82) is 0 Å². The minimum Gasteiger partial charge on any atom is -0.390 e. The molecule has 0 spiro atoms. The highest BCUT2D eigenvalue weighted by Crippen LogP contribution is 1.86. The fourth-order valence-electron chi connectivity index (χ4n) is 0.742. The lowest BCUT2D eigenvalue weighted by molar-refractivity contribution is 0.270. The highest BCUT2D eigenvalue weighted by molar-refractivity contribution is 4.95. The third-order valence-electron chi connectivity index (χ3n) is 1.46. The molecule has 1 aromatic heterocycles. The first-order valence-corrected chi connectivity index (χ1v) is 3.05. The second-order valence-electron chi connectivity index (χ2n) is 2.13. The van der Waals surface area contributed by atoms with Crippen LogP contribution < -0.4 is 11.1 Å². The lowest BCUT2D eigenvalue weighted by Gasteiger charge is -2.01. The van der Waals surface area contributed by atoms with Gasteiger partial charge < -0.3 is 14.7 Å². The Kier molecular flexibility index (Phi) is 1.91. The molecule has 1 rings (SSSR count). The largest absolute Gasteiger partial charge is 0.390 e. The summed E-state index contributed by atoms with van der Waals surface area (Å²) < 4.78 is 1.11. The zero-order valence-corrected chi connectivity index (χ0v) is 6.00. The lowest BCUT2D eigenvalue weighted by atomic mass is 10.4. The van der Waals surface area contributed by atoms with E-state index >= 15 is 0 Å².